The minimum atomic E-state index is -0.528. The van der Waals surface area contributed by atoms with Crippen LogP contribution in [0.5, 0.6) is 0 Å². The van der Waals surface area contributed by atoms with Crippen LogP contribution in [0.15, 0.2) is 30.3 Å². The summed E-state index contributed by atoms with van der Waals surface area (Å²) in [6.45, 7) is 3.74. The van der Waals surface area contributed by atoms with Crippen molar-refractivity contribution < 1.29 is 9.59 Å². The molecule has 2 atom stereocenters. The summed E-state index contributed by atoms with van der Waals surface area (Å²) in [4.78, 5) is 23.8. The second-order valence-corrected chi connectivity index (χ2v) is 5.54. The molecular formula is C16H23N3O2. The van der Waals surface area contributed by atoms with E-state index >= 15 is 0 Å². The zero-order valence-electron chi connectivity index (χ0n) is 12.4. The van der Waals surface area contributed by atoms with E-state index in [1.165, 1.54) is 0 Å². The van der Waals surface area contributed by atoms with E-state index in [2.05, 4.69) is 16.0 Å². The Hall–Kier alpha value is -1.88. The average molecular weight is 289 g/mol. The molecule has 0 aliphatic carbocycles. The highest BCUT2D eigenvalue weighted by Gasteiger charge is 2.18. The number of rotatable bonds is 6. The Morgan fingerprint density at radius 2 is 2.10 bits per heavy atom. The van der Waals surface area contributed by atoms with Gasteiger partial charge in [-0.05, 0) is 50.9 Å². The van der Waals surface area contributed by atoms with Crippen LogP contribution < -0.4 is 16.0 Å². The first-order valence-corrected chi connectivity index (χ1v) is 7.51. The Labute approximate surface area is 125 Å². The Kier molecular flexibility index (Phi) is 5.75. The largest absolute Gasteiger partial charge is 0.345 e. The maximum Gasteiger partial charge on any atom is 0.246 e. The number of carbonyl (C=O) groups excluding carboxylic acids is 2. The summed E-state index contributed by atoms with van der Waals surface area (Å²) in [6.07, 6.45) is 2.50. The molecule has 2 rings (SSSR count). The summed E-state index contributed by atoms with van der Waals surface area (Å²) >= 11 is 0. The van der Waals surface area contributed by atoms with Gasteiger partial charge in [0.15, 0.2) is 0 Å². The van der Waals surface area contributed by atoms with Crippen molar-refractivity contribution in [1.82, 2.24) is 10.6 Å². The molecule has 1 heterocycles. The number of hydrogen-bond donors (Lipinski definition) is 3. The van der Waals surface area contributed by atoms with E-state index in [0.717, 1.165) is 31.6 Å². The van der Waals surface area contributed by atoms with Crippen LogP contribution in [0.2, 0.25) is 0 Å². The fourth-order valence-electron chi connectivity index (χ4n) is 2.45. The monoisotopic (exact) mass is 289 g/mol. The van der Waals surface area contributed by atoms with Gasteiger partial charge >= 0.3 is 0 Å². The Morgan fingerprint density at radius 1 is 1.33 bits per heavy atom. The topological polar surface area (TPSA) is 70.2 Å². The quantitative estimate of drug-likeness (QED) is 0.743. The van der Waals surface area contributed by atoms with Gasteiger partial charge in [0, 0.05) is 12.1 Å². The summed E-state index contributed by atoms with van der Waals surface area (Å²) in [6, 6.07) is 8.71. The zero-order valence-corrected chi connectivity index (χ0v) is 12.4. The minimum Gasteiger partial charge on any atom is -0.345 e. The summed E-state index contributed by atoms with van der Waals surface area (Å²) in [5.74, 6) is 0.332. The van der Waals surface area contributed by atoms with Gasteiger partial charge in [-0.1, -0.05) is 18.2 Å². The average Bonchev–Trinajstić information content (AvgIpc) is 2.99. The van der Waals surface area contributed by atoms with Crippen LogP contribution in [0, 0.1) is 5.92 Å². The van der Waals surface area contributed by atoms with Gasteiger partial charge in [0.25, 0.3) is 0 Å². The molecule has 114 valence electrons. The highest BCUT2D eigenvalue weighted by atomic mass is 16.2. The van der Waals surface area contributed by atoms with Crippen molar-refractivity contribution in [3.05, 3.63) is 30.3 Å². The molecule has 2 amide bonds. The normalized spacial score (nSPS) is 19.0. The van der Waals surface area contributed by atoms with Crippen molar-refractivity contribution in [3.63, 3.8) is 0 Å². The van der Waals surface area contributed by atoms with Crippen molar-refractivity contribution in [3.8, 4) is 0 Å². The fraction of sp³-hybridized carbons (Fsp3) is 0.500. The molecule has 0 spiro atoms. The van der Waals surface area contributed by atoms with Gasteiger partial charge in [-0.25, -0.2) is 0 Å². The summed E-state index contributed by atoms with van der Waals surface area (Å²) in [5.41, 5.74) is 0.737. The number of amides is 2. The lowest BCUT2D eigenvalue weighted by molar-refractivity contribution is -0.126. The number of nitrogens with one attached hydrogen (secondary N) is 3. The molecule has 21 heavy (non-hydrogen) atoms. The smallest absolute Gasteiger partial charge is 0.246 e. The molecule has 0 bridgehead atoms. The van der Waals surface area contributed by atoms with Crippen LogP contribution in [0.1, 0.15) is 26.2 Å². The van der Waals surface area contributed by atoms with Gasteiger partial charge in [0.1, 0.15) is 6.04 Å². The number of hydrogen-bond acceptors (Lipinski definition) is 3. The highest BCUT2D eigenvalue weighted by molar-refractivity contribution is 5.96. The number of carbonyl (C=O) groups is 2. The van der Waals surface area contributed by atoms with E-state index in [-0.39, 0.29) is 11.8 Å². The molecule has 0 saturated carbocycles. The molecule has 0 aromatic heterocycles. The van der Waals surface area contributed by atoms with E-state index < -0.39 is 6.04 Å². The Bertz CT molecular complexity index is 470. The number of anilines is 1. The fourth-order valence-corrected chi connectivity index (χ4v) is 2.45. The predicted octanol–water partition coefficient (Wildman–Crippen LogP) is 1.52. The SMILES string of the molecule is CC(NC(=O)CCC1CCNC1)C(=O)Nc1ccccc1. The Balaban J connectivity index is 1.70. The lowest BCUT2D eigenvalue weighted by Crippen LogP contribution is -2.41. The van der Waals surface area contributed by atoms with Crippen molar-refractivity contribution in [2.24, 2.45) is 5.92 Å². The van der Waals surface area contributed by atoms with Gasteiger partial charge in [-0.3, -0.25) is 9.59 Å². The Morgan fingerprint density at radius 3 is 2.76 bits per heavy atom. The third-order valence-electron chi connectivity index (χ3n) is 3.75. The molecule has 0 radical (unpaired) electrons. The molecule has 1 aromatic carbocycles. The molecule has 1 aromatic rings. The molecule has 1 saturated heterocycles. The van der Waals surface area contributed by atoms with E-state index in [1.807, 2.05) is 30.3 Å². The second-order valence-electron chi connectivity index (χ2n) is 5.54. The highest BCUT2D eigenvalue weighted by Crippen LogP contribution is 2.14. The molecule has 2 unspecified atom stereocenters. The van der Waals surface area contributed by atoms with Crippen LogP contribution in [-0.4, -0.2) is 30.9 Å². The first-order chi connectivity index (χ1) is 10.1. The van der Waals surface area contributed by atoms with Crippen LogP contribution in [-0.2, 0) is 9.59 Å². The minimum absolute atomic E-state index is 0.0578. The third-order valence-corrected chi connectivity index (χ3v) is 3.75. The maximum absolute atomic E-state index is 12.0. The van der Waals surface area contributed by atoms with E-state index in [4.69, 9.17) is 0 Å². The van der Waals surface area contributed by atoms with E-state index in [1.54, 1.807) is 6.92 Å². The van der Waals surface area contributed by atoms with Gasteiger partial charge < -0.3 is 16.0 Å². The van der Waals surface area contributed by atoms with Crippen molar-refractivity contribution in [2.45, 2.75) is 32.2 Å². The lowest BCUT2D eigenvalue weighted by atomic mass is 10.0. The molecule has 5 nitrogen and oxygen atoms in total. The van der Waals surface area contributed by atoms with Crippen LogP contribution in [0.3, 0.4) is 0 Å². The number of para-hydroxylation sites is 1. The molecule has 5 heteroatoms. The van der Waals surface area contributed by atoms with Crippen LogP contribution >= 0.6 is 0 Å². The zero-order chi connectivity index (χ0) is 15.1. The van der Waals surface area contributed by atoms with Gasteiger partial charge in [0.05, 0.1) is 0 Å². The predicted molar refractivity (Wildman–Crippen MR) is 82.9 cm³/mol. The molecule has 1 aliphatic heterocycles. The van der Waals surface area contributed by atoms with E-state index in [0.29, 0.717) is 12.3 Å². The van der Waals surface area contributed by atoms with Crippen molar-refractivity contribution in [1.29, 1.82) is 0 Å². The summed E-state index contributed by atoms with van der Waals surface area (Å²) in [5, 5.41) is 8.82. The summed E-state index contributed by atoms with van der Waals surface area (Å²) in [7, 11) is 0. The maximum atomic E-state index is 12.0. The molecular weight excluding hydrogens is 266 g/mol. The third kappa shape index (κ3) is 5.19. The molecule has 1 fully saturated rings. The first kappa shape index (κ1) is 15.5. The van der Waals surface area contributed by atoms with Gasteiger partial charge in [0.2, 0.25) is 11.8 Å². The van der Waals surface area contributed by atoms with Gasteiger partial charge in [-0.2, -0.15) is 0 Å². The molecule has 3 N–H and O–H groups in total. The summed E-state index contributed by atoms with van der Waals surface area (Å²) < 4.78 is 0. The van der Waals surface area contributed by atoms with E-state index in [9.17, 15) is 9.59 Å². The second kappa shape index (κ2) is 7.78. The molecule has 1 aliphatic rings. The van der Waals surface area contributed by atoms with Crippen LogP contribution in [0.25, 0.3) is 0 Å². The first-order valence-electron chi connectivity index (χ1n) is 7.51. The standard InChI is InChI=1S/C16H23N3O2/c1-12(16(21)19-14-5-3-2-4-6-14)18-15(20)8-7-13-9-10-17-11-13/h2-6,12-13,17H,7-11H2,1H3,(H,18,20)(H,19,21). The van der Waals surface area contributed by atoms with Crippen LogP contribution in [0.4, 0.5) is 5.69 Å². The lowest BCUT2D eigenvalue weighted by Gasteiger charge is -2.15. The number of benzene rings is 1. The van der Waals surface area contributed by atoms with Gasteiger partial charge in [-0.15, -0.1) is 0 Å². The van der Waals surface area contributed by atoms with Crippen molar-refractivity contribution >= 4 is 17.5 Å². The van der Waals surface area contributed by atoms with Crippen molar-refractivity contribution in [2.75, 3.05) is 18.4 Å².